The predicted octanol–water partition coefficient (Wildman–Crippen LogP) is 2.58. The van der Waals surface area contributed by atoms with Crippen molar-refractivity contribution in [2.24, 2.45) is 118 Å². The van der Waals surface area contributed by atoms with Crippen LogP contribution < -0.4 is 51.2 Å². The van der Waals surface area contributed by atoms with Crippen molar-refractivity contribution < 1.29 is 38.2 Å². The van der Waals surface area contributed by atoms with E-state index < -0.39 is 18.2 Å². The average Bonchev–Trinajstić information content (AvgIpc) is 4.05. The van der Waals surface area contributed by atoms with Crippen LogP contribution in [0.2, 0.25) is 0 Å². The Labute approximate surface area is 508 Å². The number of carbonyl (C=O) groups excluding carboxylic acids is 3. The van der Waals surface area contributed by atoms with E-state index in [1.165, 1.54) is 0 Å². The number of oxime groups is 1. The number of guanidine groups is 4. The molecule has 3 amide bonds. The topological polar surface area (TPSA) is 389 Å². The molecule has 83 heavy (non-hydrogen) atoms. The third-order valence-corrected chi connectivity index (χ3v) is 20.7. The predicted molar refractivity (Wildman–Crippen MR) is 329 cm³/mol. The van der Waals surface area contributed by atoms with Gasteiger partial charge in [-0.15, -0.1) is 0 Å². The van der Waals surface area contributed by atoms with Gasteiger partial charge in [0.1, 0.15) is 18.5 Å². The van der Waals surface area contributed by atoms with Gasteiger partial charge in [0.15, 0.2) is 24.0 Å². The van der Waals surface area contributed by atoms with Gasteiger partial charge in [0.05, 0.1) is 43.9 Å². The smallest absolute Gasteiger partial charge is 0.325 e. The molecule has 5 saturated carbocycles. The van der Waals surface area contributed by atoms with Gasteiger partial charge >= 0.3 is 12.0 Å². The SMILES string of the molecule is CCOC1CC(OC)CCC1C1=NC(C2CCC(Br)CC2)C(C2CCC(Br)CC2)N1C(=O)N1CCN(CCOC(=O)CCC(=O)NCC2CCC(C3CCCC(ON=C(N)N)C3OCCN=C(N)N)C(CN=C(N)N)C2CN=C(N)N)CC1. The summed E-state index contributed by atoms with van der Waals surface area (Å²) in [6.07, 6.45) is 14.2. The Morgan fingerprint density at radius 1 is 0.687 bits per heavy atom. The van der Waals surface area contributed by atoms with Gasteiger partial charge in [0, 0.05) is 94.5 Å². The first-order chi connectivity index (χ1) is 39.9. The van der Waals surface area contributed by atoms with Crippen LogP contribution in [0.25, 0.3) is 0 Å². The molecule has 0 aromatic heterocycles. The summed E-state index contributed by atoms with van der Waals surface area (Å²) in [4.78, 5) is 74.1. The molecule has 5 aliphatic carbocycles. The quantitative estimate of drug-likeness (QED) is 0.0158. The number of amidine groups is 1. The number of nitrogens with two attached hydrogens (primary N) is 8. The summed E-state index contributed by atoms with van der Waals surface area (Å²) in [6.45, 7) is 7.10. The number of piperazine rings is 1. The Bertz CT molecular complexity index is 2210. The molecular formula is C56H99Br2N17O8. The zero-order valence-electron chi connectivity index (χ0n) is 49.2. The molecule has 0 aromatic carbocycles. The van der Waals surface area contributed by atoms with E-state index in [0.717, 1.165) is 102 Å². The molecule has 12 atom stereocenters. The van der Waals surface area contributed by atoms with E-state index in [1.807, 2.05) is 11.8 Å². The number of aliphatic imine (C=N–C) groups is 4. The Kier molecular flexibility index (Phi) is 26.2. The van der Waals surface area contributed by atoms with Crippen molar-refractivity contribution in [3.8, 4) is 0 Å². The van der Waals surface area contributed by atoms with E-state index in [-0.39, 0.29) is 141 Å². The van der Waals surface area contributed by atoms with E-state index >= 15 is 4.79 Å². The molecule has 0 aromatic rings. The van der Waals surface area contributed by atoms with Crippen LogP contribution in [0.5, 0.6) is 0 Å². The average molecular weight is 1300 g/mol. The molecule has 7 aliphatic rings. The number of rotatable bonds is 25. The lowest BCUT2D eigenvalue weighted by molar-refractivity contribution is -0.145. The van der Waals surface area contributed by atoms with Gasteiger partial charge in [0.25, 0.3) is 0 Å². The summed E-state index contributed by atoms with van der Waals surface area (Å²) in [5, 5.41) is 6.97. The summed E-state index contributed by atoms with van der Waals surface area (Å²) >= 11 is 7.82. The van der Waals surface area contributed by atoms with Crippen LogP contribution in [0, 0.1) is 47.3 Å². The lowest BCUT2D eigenvalue weighted by Crippen LogP contribution is -2.60. The Hall–Kier alpha value is -4.44. The van der Waals surface area contributed by atoms with Gasteiger partial charge in [0.2, 0.25) is 11.9 Å². The molecule has 17 N–H and O–H groups in total. The number of nitrogens with one attached hydrogen (secondary N) is 1. The molecule has 27 heteroatoms. The number of nitrogens with zero attached hydrogens (tertiary/aromatic N) is 8. The fraction of sp³-hybridized carbons (Fsp3) is 0.857. The Balaban J connectivity index is 0.927. The first-order valence-electron chi connectivity index (χ1n) is 30.7. The van der Waals surface area contributed by atoms with E-state index in [0.29, 0.717) is 73.8 Å². The molecular weight excluding hydrogens is 1200 g/mol. The summed E-state index contributed by atoms with van der Waals surface area (Å²) in [5.41, 5.74) is 46.2. The van der Waals surface area contributed by atoms with Crippen LogP contribution in [-0.2, 0) is 33.4 Å². The highest BCUT2D eigenvalue weighted by molar-refractivity contribution is 9.09. The summed E-state index contributed by atoms with van der Waals surface area (Å²) in [5.74, 6) is 0.325. The number of urea groups is 1. The van der Waals surface area contributed by atoms with Crippen LogP contribution in [0.15, 0.2) is 25.1 Å². The van der Waals surface area contributed by atoms with Crippen LogP contribution in [0.3, 0.4) is 0 Å². The normalized spacial score (nSPS) is 33.2. The van der Waals surface area contributed by atoms with Gasteiger partial charge in [-0.1, -0.05) is 31.9 Å². The van der Waals surface area contributed by atoms with Crippen molar-refractivity contribution in [1.82, 2.24) is 20.0 Å². The maximum Gasteiger partial charge on any atom is 0.325 e. The van der Waals surface area contributed by atoms with E-state index in [1.54, 1.807) is 7.11 Å². The maximum atomic E-state index is 15.3. The van der Waals surface area contributed by atoms with E-state index in [9.17, 15) is 9.59 Å². The molecule has 7 rings (SSSR count). The summed E-state index contributed by atoms with van der Waals surface area (Å²) in [7, 11) is 1.78. The number of esters is 1. The van der Waals surface area contributed by atoms with Crippen molar-refractivity contribution in [3.63, 3.8) is 0 Å². The molecule has 0 bridgehead atoms. The zero-order valence-corrected chi connectivity index (χ0v) is 52.3. The van der Waals surface area contributed by atoms with Crippen LogP contribution in [0.1, 0.15) is 122 Å². The minimum absolute atomic E-state index is 0.0163. The molecule has 0 spiro atoms. The van der Waals surface area contributed by atoms with Crippen molar-refractivity contribution in [2.75, 3.05) is 85.8 Å². The van der Waals surface area contributed by atoms with Gasteiger partial charge < -0.3 is 79.9 Å². The standard InChI is InChI=1S/C56H99Br2N17O8/c1-3-80-45-29-38(79-2)16-18-41(45)51-71-48(33-7-12-36(57)13-8-33)49(34-9-14-37(58)15-10-34)75(51)56(78)74-24-22-73(23-25-74)26-28-81-47(77)20-19-46(76)68-30-35-11-17-39(43(32-70-54(63)64)42(35)31-69-53(61)62)40-5-4-6-44(83-72-55(65)66)50(40)82-27-21-67-52(59)60/h33-45,48-50H,3-32H2,1-2H3,(H,68,76)(H4,59,60,67)(H4,61,62,69)(H4,63,64,70)(H4,65,66,72). The number of amides is 3. The molecule has 0 radical (unpaired) electrons. The third-order valence-electron chi connectivity index (χ3n) is 18.9. The number of carbonyl (C=O) groups is 3. The summed E-state index contributed by atoms with van der Waals surface area (Å²) in [6, 6.07) is 0.145. The number of hydrogen-bond donors (Lipinski definition) is 9. The maximum absolute atomic E-state index is 15.3. The molecule has 2 heterocycles. The van der Waals surface area contributed by atoms with Gasteiger partial charge in [-0.25, -0.2) is 4.79 Å². The second kappa shape index (κ2) is 32.9. The van der Waals surface area contributed by atoms with Crippen molar-refractivity contribution >= 4 is 79.4 Å². The lowest BCUT2D eigenvalue weighted by atomic mass is 9.59. The van der Waals surface area contributed by atoms with Crippen molar-refractivity contribution in [2.45, 2.75) is 169 Å². The minimum atomic E-state index is -0.452. The Morgan fingerprint density at radius 3 is 1.99 bits per heavy atom. The molecule has 1 saturated heterocycles. The zero-order chi connectivity index (χ0) is 59.6. The molecule has 470 valence electrons. The molecule has 12 unspecified atom stereocenters. The first-order valence-corrected chi connectivity index (χ1v) is 32.5. The molecule has 6 fully saturated rings. The first kappa shape index (κ1) is 66.1. The van der Waals surface area contributed by atoms with Gasteiger partial charge in [-0.2, -0.15) is 0 Å². The summed E-state index contributed by atoms with van der Waals surface area (Å²) < 4.78 is 24.6. The second-order valence-electron chi connectivity index (χ2n) is 24.0. The third kappa shape index (κ3) is 19.0. The van der Waals surface area contributed by atoms with E-state index in [4.69, 9.17) is 74.6 Å². The highest BCUT2D eigenvalue weighted by Gasteiger charge is 2.53. The van der Waals surface area contributed by atoms with Gasteiger partial charge in [-0.3, -0.25) is 39.4 Å². The highest BCUT2D eigenvalue weighted by Crippen LogP contribution is 2.49. The Morgan fingerprint density at radius 2 is 1.35 bits per heavy atom. The van der Waals surface area contributed by atoms with Crippen molar-refractivity contribution in [1.29, 1.82) is 0 Å². The van der Waals surface area contributed by atoms with Gasteiger partial charge in [-0.05, 0) is 150 Å². The van der Waals surface area contributed by atoms with Crippen LogP contribution in [-0.4, -0.2) is 194 Å². The fourth-order valence-corrected chi connectivity index (χ4v) is 15.8. The van der Waals surface area contributed by atoms with E-state index in [2.05, 4.69) is 67.1 Å². The minimum Gasteiger partial charge on any atom is -0.464 e. The number of hydrogen-bond acceptors (Lipinski definition) is 14. The second-order valence-corrected chi connectivity index (χ2v) is 26.6. The highest BCUT2D eigenvalue weighted by atomic mass is 79.9. The number of methoxy groups -OCH3 is 1. The molecule has 2 aliphatic heterocycles. The number of halogens is 2. The van der Waals surface area contributed by atoms with Crippen LogP contribution >= 0.6 is 31.9 Å². The largest absolute Gasteiger partial charge is 0.464 e. The van der Waals surface area contributed by atoms with Crippen LogP contribution in [0.4, 0.5) is 4.79 Å². The monoisotopic (exact) mass is 1300 g/mol. The van der Waals surface area contributed by atoms with Crippen molar-refractivity contribution in [3.05, 3.63) is 0 Å². The fourth-order valence-electron chi connectivity index (χ4n) is 14.8. The lowest BCUT2D eigenvalue weighted by Gasteiger charge is -2.49. The number of alkyl halides is 2. The number of ether oxygens (including phenoxy) is 4. The molecule has 25 nitrogen and oxygen atoms in total.